The largest absolute Gasteiger partial charge is 0.494 e. The number of ether oxygens (including phenoxy) is 2. The molecule has 0 spiro atoms. The number of rotatable bonds is 7. The van der Waals surface area contributed by atoms with E-state index in [1.807, 2.05) is 31.2 Å². The van der Waals surface area contributed by atoms with Crippen LogP contribution in [0.15, 0.2) is 24.3 Å². The molecule has 0 aromatic heterocycles. The van der Waals surface area contributed by atoms with E-state index in [2.05, 4.69) is 0 Å². The molecule has 2 N–H and O–H groups in total. The minimum Gasteiger partial charge on any atom is -0.494 e. The van der Waals surface area contributed by atoms with Gasteiger partial charge < -0.3 is 15.2 Å². The summed E-state index contributed by atoms with van der Waals surface area (Å²) >= 11 is 0. The molecular formula is C13H21NO2. The van der Waals surface area contributed by atoms with Gasteiger partial charge in [-0.3, -0.25) is 0 Å². The van der Waals surface area contributed by atoms with Gasteiger partial charge in [0.05, 0.1) is 6.61 Å². The minimum absolute atomic E-state index is 0.0258. The number of hydrogen-bond donors (Lipinski definition) is 1. The second-order valence-corrected chi connectivity index (χ2v) is 3.71. The van der Waals surface area contributed by atoms with E-state index < -0.39 is 0 Å². The number of para-hydroxylation sites is 1. The van der Waals surface area contributed by atoms with Gasteiger partial charge in [-0.1, -0.05) is 18.2 Å². The fraction of sp³-hybridized carbons (Fsp3) is 0.538. The molecule has 0 fully saturated rings. The molecule has 90 valence electrons. The second-order valence-electron chi connectivity index (χ2n) is 3.71. The lowest BCUT2D eigenvalue weighted by Crippen LogP contribution is -2.12. The van der Waals surface area contributed by atoms with Gasteiger partial charge in [-0.05, 0) is 25.8 Å². The van der Waals surface area contributed by atoms with Gasteiger partial charge in [-0.2, -0.15) is 0 Å². The van der Waals surface area contributed by atoms with E-state index in [-0.39, 0.29) is 6.04 Å². The molecule has 0 amide bonds. The predicted octanol–water partition coefficient (Wildman–Crippen LogP) is 2.51. The van der Waals surface area contributed by atoms with E-state index in [0.29, 0.717) is 6.61 Å². The van der Waals surface area contributed by atoms with Gasteiger partial charge in [0.1, 0.15) is 5.75 Å². The first-order valence-electron chi connectivity index (χ1n) is 5.75. The van der Waals surface area contributed by atoms with E-state index in [0.717, 1.165) is 30.8 Å². The summed E-state index contributed by atoms with van der Waals surface area (Å²) in [5.41, 5.74) is 7.22. The highest BCUT2D eigenvalue weighted by atomic mass is 16.5. The zero-order chi connectivity index (χ0) is 11.8. The van der Waals surface area contributed by atoms with E-state index in [1.54, 1.807) is 7.11 Å². The van der Waals surface area contributed by atoms with Crippen molar-refractivity contribution in [3.8, 4) is 5.75 Å². The van der Waals surface area contributed by atoms with Gasteiger partial charge in [0, 0.05) is 25.3 Å². The monoisotopic (exact) mass is 223 g/mol. The molecular weight excluding hydrogens is 202 g/mol. The molecule has 0 saturated carbocycles. The zero-order valence-electron chi connectivity index (χ0n) is 10.1. The predicted molar refractivity (Wildman–Crippen MR) is 65.6 cm³/mol. The lowest BCUT2D eigenvalue weighted by molar-refractivity contribution is 0.190. The Morgan fingerprint density at radius 2 is 2.06 bits per heavy atom. The Morgan fingerprint density at radius 3 is 2.75 bits per heavy atom. The molecule has 0 aliphatic rings. The van der Waals surface area contributed by atoms with Crippen LogP contribution in [0.1, 0.15) is 31.4 Å². The van der Waals surface area contributed by atoms with Crippen molar-refractivity contribution in [3.05, 3.63) is 29.8 Å². The van der Waals surface area contributed by atoms with Crippen molar-refractivity contribution in [1.82, 2.24) is 0 Å². The summed E-state index contributed by atoms with van der Waals surface area (Å²) in [4.78, 5) is 0. The van der Waals surface area contributed by atoms with Crippen LogP contribution in [-0.2, 0) is 4.74 Å². The molecule has 0 aliphatic carbocycles. The number of benzene rings is 1. The Kier molecular flexibility index (Phi) is 5.90. The first-order chi connectivity index (χ1) is 7.79. The SMILES string of the molecule is CCOc1ccccc1C(N)CCCOC. The van der Waals surface area contributed by atoms with Crippen LogP contribution >= 0.6 is 0 Å². The third kappa shape index (κ3) is 3.83. The van der Waals surface area contributed by atoms with Gasteiger partial charge in [-0.15, -0.1) is 0 Å². The van der Waals surface area contributed by atoms with E-state index in [9.17, 15) is 0 Å². The van der Waals surface area contributed by atoms with Gasteiger partial charge >= 0.3 is 0 Å². The van der Waals surface area contributed by atoms with Crippen molar-refractivity contribution >= 4 is 0 Å². The van der Waals surface area contributed by atoms with Crippen LogP contribution < -0.4 is 10.5 Å². The molecule has 0 aliphatic heterocycles. The zero-order valence-corrected chi connectivity index (χ0v) is 10.1. The summed E-state index contributed by atoms with van der Waals surface area (Å²) in [6.45, 7) is 3.40. The Labute approximate surface area is 97.6 Å². The molecule has 16 heavy (non-hydrogen) atoms. The molecule has 1 unspecified atom stereocenters. The van der Waals surface area contributed by atoms with Crippen LogP contribution in [0.5, 0.6) is 5.75 Å². The maximum atomic E-state index is 6.13. The van der Waals surface area contributed by atoms with Crippen molar-refractivity contribution in [2.24, 2.45) is 5.73 Å². The molecule has 0 saturated heterocycles. The summed E-state index contributed by atoms with van der Waals surface area (Å²) in [5, 5.41) is 0. The molecule has 3 heteroatoms. The minimum atomic E-state index is 0.0258. The Hall–Kier alpha value is -1.06. The topological polar surface area (TPSA) is 44.5 Å². The highest BCUT2D eigenvalue weighted by Crippen LogP contribution is 2.26. The molecule has 0 bridgehead atoms. The van der Waals surface area contributed by atoms with Crippen molar-refractivity contribution in [2.75, 3.05) is 20.3 Å². The van der Waals surface area contributed by atoms with Crippen LogP contribution in [0.3, 0.4) is 0 Å². The Morgan fingerprint density at radius 1 is 1.31 bits per heavy atom. The smallest absolute Gasteiger partial charge is 0.124 e. The third-order valence-electron chi connectivity index (χ3n) is 2.48. The first kappa shape index (κ1) is 13.0. The quantitative estimate of drug-likeness (QED) is 0.722. The molecule has 1 aromatic carbocycles. The van der Waals surface area contributed by atoms with Gasteiger partial charge in [0.25, 0.3) is 0 Å². The van der Waals surface area contributed by atoms with E-state index >= 15 is 0 Å². The Balaban J connectivity index is 2.62. The van der Waals surface area contributed by atoms with Gasteiger partial charge in [-0.25, -0.2) is 0 Å². The van der Waals surface area contributed by atoms with Crippen LogP contribution in [-0.4, -0.2) is 20.3 Å². The highest BCUT2D eigenvalue weighted by molar-refractivity contribution is 5.35. The van der Waals surface area contributed by atoms with Gasteiger partial charge in [0.2, 0.25) is 0 Å². The summed E-state index contributed by atoms with van der Waals surface area (Å²) in [5.74, 6) is 0.898. The molecule has 1 aromatic rings. The van der Waals surface area contributed by atoms with Crippen LogP contribution in [0, 0.1) is 0 Å². The molecule has 0 heterocycles. The van der Waals surface area contributed by atoms with Crippen molar-refractivity contribution in [3.63, 3.8) is 0 Å². The maximum Gasteiger partial charge on any atom is 0.124 e. The maximum absolute atomic E-state index is 6.13. The number of nitrogens with two attached hydrogens (primary N) is 1. The molecule has 0 radical (unpaired) electrons. The first-order valence-corrected chi connectivity index (χ1v) is 5.75. The normalized spacial score (nSPS) is 12.4. The number of methoxy groups -OCH3 is 1. The van der Waals surface area contributed by atoms with E-state index in [1.165, 1.54) is 0 Å². The van der Waals surface area contributed by atoms with Crippen molar-refractivity contribution in [1.29, 1.82) is 0 Å². The average Bonchev–Trinajstić information content (AvgIpc) is 2.30. The van der Waals surface area contributed by atoms with Gasteiger partial charge in [0.15, 0.2) is 0 Å². The Bertz CT molecular complexity index is 302. The molecule has 1 rings (SSSR count). The summed E-state index contributed by atoms with van der Waals surface area (Å²) < 4.78 is 10.6. The van der Waals surface area contributed by atoms with Crippen molar-refractivity contribution < 1.29 is 9.47 Å². The highest BCUT2D eigenvalue weighted by Gasteiger charge is 2.10. The molecule has 3 nitrogen and oxygen atoms in total. The van der Waals surface area contributed by atoms with E-state index in [4.69, 9.17) is 15.2 Å². The molecule has 1 atom stereocenters. The fourth-order valence-electron chi connectivity index (χ4n) is 1.68. The summed E-state index contributed by atoms with van der Waals surface area (Å²) in [6.07, 6.45) is 1.88. The average molecular weight is 223 g/mol. The van der Waals surface area contributed by atoms with Crippen molar-refractivity contribution in [2.45, 2.75) is 25.8 Å². The standard InChI is InChI=1S/C13H21NO2/c1-3-16-13-9-5-4-7-11(13)12(14)8-6-10-15-2/h4-5,7,9,12H,3,6,8,10,14H2,1-2H3. The fourth-order valence-corrected chi connectivity index (χ4v) is 1.68. The van der Waals surface area contributed by atoms with Crippen LogP contribution in [0.25, 0.3) is 0 Å². The lowest BCUT2D eigenvalue weighted by atomic mass is 10.0. The van der Waals surface area contributed by atoms with Crippen LogP contribution in [0.2, 0.25) is 0 Å². The second kappa shape index (κ2) is 7.25. The number of hydrogen-bond acceptors (Lipinski definition) is 3. The summed E-state index contributed by atoms with van der Waals surface area (Å²) in [6, 6.07) is 7.99. The lowest BCUT2D eigenvalue weighted by Gasteiger charge is -2.16. The van der Waals surface area contributed by atoms with Crippen LogP contribution in [0.4, 0.5) is 0 Å². The third-order valence-corrected chi connectivity index (χ3v) is 2.48. The summed E-state index contributed by atoms with van der Waals surface area (Å²) in [7, 11) is 1.71.